The number of benzene rings is 2. The zero-order valence-electron chi connectivity index (χ0n) is 11.7. The quantitative estimate of drug-likeness (QED) is 0.682. The molecule has 0 radical (unpaired) electrons. The van der Waals surface area contributed by atoms with Crippen molar-refractivity contribution in [2.24, 2.45) is 0 Å². The van der Waals surface area contributed by atoms with E-state index in [1.54, 1.807) is 18.2 Å². The van der Waals surface area contributed by atoms with E-state index >= 15 is 0 Å². The van der Waals surface area contributed by atoms with Crippen molar-refractivity contribution in [1.82, 2.24) is 4.57 Å². The number of hydrogen-bond donors (Lipinski definition) is 0. The van der Waals surface area contributed by atoms with E-state index in [9.17, 15) is 13.6 Å². The molecule has 0 amide bonds. The Morgan fingerprint density at radius 1 is 1.09 bits per heavy atom. The van der Waals surface area contributed by atoms with Crippen LogP contribution >= 0.6 is 11.6 Å². The molecule has 0 aliphatic heterocycles. The summed E-state index contributed by atoms with van der Waals surface area (Å²) >= 11 is 6.13. The minimum atomic E-state index is -0.995. The van der Waals surface area contributed by atoms with Gasteiger partial charge in [0.1, 0.15) is 0 Å². The number of fused-ring (bicyclic) bond motifs is 1. The summed E-state index contributed by atoms with van der Waals surface area (Å²) in [4.78, 5) is 12.8. The van der Waals surface area contributed by atoms with E-state index in [-0.39, 0.29) is 11.2 Å². The van der Waals surface area contributed by atoms with Crippen molar-refractivity contribution in [1.29, 1.82) is 0 Å². The lowest BCUT2D eigenvalue weighted by molar-refractivity contribution is 0.507. The summed E-state index contributed by atoms with van der Waals surface area (Å²) in [5, 5.41) is 1.43. The Morgan fingerprint density at radius 2 is 1.86 bits per heavy atom. The third-order valence-corrected chi connectivity index (χ3v) is 3.91. The van der Waals surface area contributed by atoms with E-state index in [2.05, 4.69) is 0 Å². The molecule has 0 aliphatic carbocycles. The summed E-state index contributed by atoms with van der Waals surface area (Å²) in [6, 6.07) is 10.4. The molecule has 2 aromatic carbocycles. The summed E-state index contributed by atoms with van der Waals surface area (Å²) in [6.45, 7) is 1.89. The summed E-state index contributed by atoms with van der Waals surface area (Å²) in [6.07, 6.45) is 0.566. The number of rotatable bonds is 2. The summed E-state index contributed by atoms with van der Waals surface area (Å²) < 4.78 is 28.0. The number of pyridine rings is 1. The van der Waals surface area contributed by atoms with Gasteiger partial charge in [0.05, 0.1) is 16.1 Å². The summed E-state index contributed by atoms with van der Waals surface area (Å²) in [7, 11) is 0. The minimum absolute atomic E-state index is 0.280. The minimum Gasteiger partial charge on any atom is -0.281 e. The molecule has 112 valence electrons. The maximum Gasteiger partial charge on any atom is 0.264 e. The Morgan fingerprint density at radius 3 is 2.55 bits per heavy atom. The van der Waals surface area contributed by atoms with Gasteiger partial charge in [-0.3, -0.25) is 9.36 Å². The second-order valence-electron chi connectivity index (χ2n) is 4.93. The summed E-state index contributed by atoms with van der Waals surface area (Å²) in [5.74, 6) is -1.95. The van der Waals surface area contributed by atoms with E-state index in [0.717, 1.165) is 17.5 Å². The Kier molecular flexibility index (Phi) is 3.71. The van der Waals surface area contributed by atoms with Crippen LogP contribution in [0, 0.1) is 11.6 Å². The first-order valence-electron chi connectivity index (χ1n) is 6.81. The lowest BCUT2D eigenvalue weighted by Crippen LogP contribution is -2.22. The highest BCUT2D eigenvalue weighted by Gasteiger charge is 2.13. The van der Waals surface area contributed by atoms with Gasteiger partial charge in [0.15, 0.2) is 11.6 Å². The Balaban J connectivity index is 2.42. The van der Waals surface area contributed by atoms with Crippen molar-refractivity contribution in [3.05, 3.63) is 75.2 Å². The molecule has 0 bridgehead atoms. The molecule has 3 rings (SSSR count). The smallest absolute Gasteiger partial charge is 0.264 e. The van der Waals surface area contributed by atoms with Crippen molar-refractivity contribution in [3.63, 3.8) is 0 Å². The highest BCUT2D eigenvalue weighted by Crippen LogP contribution is 2.23. The highest BCUT2D eigenvalue weighted by atomic mass is 35.5. The average molecular weight is 320 g/mol. The zero-order valence-corrected chi connectivity index (χ0v) is 12.5. The van der Waals surface area contributed by atoms with E-state index < -0.39 is 11.6 Å². The second kappa shape index (κ2) is 5.54. The third-order valence-electron chi connectivity index (χ3n) is 3.60. The van der Waals surface area contributed by atoms with Crippen LogP contribution in [0.1, 0.15) is 12.6 Å². The standard InChI is InChI=1S/C17H12ClF2NO/c1-2-11-8-10-4-3-5-13(18)16(10)17(22)21(11)12-6-7-14(19)15(20)9-12/h3-9H,2H2,1H3. The predicted molar refractivity (Wildman–Crippen MR) is 83.8 cm³/mol. The van der Waals surface area contributed by atoms with Crippen molar-refractivity contribution >= 4 is 22.4 Å². The van der Waals surface area contributed by atoms with Gasteiger partial charge in [-0.15, -0.1) is 0 Å². The fraction of sp³-hybridized carbons (Fsp3) is 0.118. The topological polar surface area (TPSA) is 22.0 Å². The molecule has 1 heterocycles. The molecular weight excluding hydrogens is 308 g/mol. The van der Waals surface area contributed by atoms with Crippen LogP contribution < -0.4 is 5.56 Å². The lowest BCUT2D eigenvalue weighted by atomic mass is 10.1. The molecule has 2 nitrogen and oxygen atoms in total. The van der Waals surface area contributed by atoms with Crippen LogP contribution in [0.2, 0.25) is 5.02 Å². The fourth-order valence-electron chi connectivity index (χ4n) is 2.54. The third kappa shape index (κ3) is 2.29. The molecule has 0 unspecified atom stereocenters. The molecule has 0 atom stereocenters. The maximum absolute atomic E-state index is 13.5. The second-order valence-corrected chi connectivity index (χ2v) is 5.34. The van der Waals surface area contributed by atoms with Gasteiger partial charge in [-0.2, -0.15) is 0 Å². The van der Waals surface area contributed by atoms with E-state index in [1.807, 2.05) is 13.0 Å². The zero-order chi connectivity index (χ0) is 15.9. The van der Waals surface area contributed by atoms with Gasteiger partial charge in [0, 0.05) is 11.8 Å². The predicted octanol–water partition coefficient (Wildman–Crippen LogP) is 4.48. The monoisotopic (exact) mass is 319 g/mol. The van der Waals surface area contributed by atoms with E-state index in [0.29, 0.717) is 22.5 Å². The number of aromatic nitrogens is 1. The van der Waals surface area contributed by atoms with Crippen LogP contribution in [0.25, 0.3) is 16.5 Å². The van der Waals surface area contributed by atoms with Crippen LogP contribution in [-0.4, -0.2) is 4.57 Å². The first-order chi connectivity index (χ1) is 10.5. The molecule has 0 N–H and O–H groups in total. The lowest BCUT2D eigenvalue weighted by Gasteiger charge is -2.14. The average Bonchev–Trinajstić information content (AvgIpc) is 2.50. The molecular formula is C17H12ClF2NO. The van der Waals surface area contributed by atoms with Crippen molar-refractivity contribution in [3.8, 4) is 5.69 Å². The Hall–Kier alpha value is -2.20. The first-order valence-corrected chi connectivity index (χ1v) is 7.19. The van der Waals surface area contributed by atoms with Crippen molar-refractivity contribution < 1.29 is 8.78 Å². The number of nitrogens with zero attached hydrogens (tertiary/aromatic N) is 1. The molecule has 0 fully saturated rings. The van der Waals surface area contributed by atoms with Crippen LogP contribution in [0.15, 0.2) is 47.3 Å². The first kappa shape index (κ1) is 14.7. The van der Waals surface area contributed by atoms with Gasteiger partial charge in [-0.1, -0.05) is 30.7 Å². The van der Waals surface area contributed by atoms with Gasteiger partial charge >= 0.3 is 0 Å². The fourth-order valence-corrected chi connectivity index (χ4v) is 2.80. The molecule has 1 aromatic heterocycles. The molecule has 0 saturated carbocycles. The van der Waals surface area contributed by atoms with Gasteiger partial charge in [0.25, 0.3) is 5.56 Å². The van der Waals surface area contributed by atoms with Crippen molar-refractivity contribution in [2.75, 3.05) is 0 Å². The molecule has 0 spiro atoms. The van der Waals surface area contributed by atoms with Gasteiger partial charge in [-0.05, 0) is 36.1 Å². The Bertz CT molecular complexity index is 934. The molecule has 0 saturated heterocycles. The van der Waals surface area contributed by atoms with Gasteiger partial charge in [0.2, 0.25) is 0 Å². The molecule has 3 aromatic rings. The van der Waals surface area contributed by atoms with Crippen LogP contribution in [0.4, 0.5) is 8.78 Å². The molecule has 22 heavy (non-hydrogen) atoms. The number of hydrogen-bond acceptors (Lipinski definition) is 1. The number of aryl methyl sites for hydroxylation is 1. The SMILES string of the molecule is CCc1cc2cccc(Cl)c2c(=O)n1-c1ccc(F)c(F)c1. The van der Waals surface area contributed by atoms with Gasteiger partial charge in [-0.25, -0.2) is 8.78 Å². The molecule has 5 heteroatoms. The normalized spacial score (nSPS) is 11.1. The van der Waals surface area contributed by atoms with Gasteiger partial charge < -0.3 is 0 Å². The number of halogens is 3. The summed E-state index contributed by atoms with van der Waals surface area (Å²) in [5.41, 5.74) is 0.638. The van der Waals surface area contributed by atoms with Crippen LogP contribution in [0.5, 0.6) is 0 Å². The van der Waals surface area contributed by atoms with Crippen LogP contribution in [-0.2, 0) is 6.42 Å². The maximum atomic E-state index is 13.5. The highest BCUT2D eigenvalue weighted by molar-refractivity contribution is 6.35. The van der Waals surface area contributed by atoms with E-state index in [1.165, 1.54) is 10.6 Å². The largest absolute Gasteiger partial charge is 0.281 e. The van der Waals surface area contributed by atoms with Crippen molar-refractivity contribution in [2.45, 2.75) is 13.3 Å². The van der Waals surface area contributed by atoms with E-state index in [4.69, 9.17) is 11.6 Å². The molecule has 0 aliphatic rings. The van der Waals surface area contributed by atoms with Crippen LogP contribution in [0.3, 0.4) is 0 Å². The Labute approximate surface area is 130 Å².